The molecule has 3 aromatic heterocycles. The van der Waals surface area contributed by atoms with Crippen LogP contribution in [-0.4, -0.2) is 66.2 Å². The maximum atomic E-state index is 9.49. The summed E-state index contributed by atoms with van der Waals surface area (Å²) in [5, 5.41) is 31.3. The summed E-state index contributed by atoms with van der Waals surface area (Å²) >= 11 is 0. The van der Waals surface area contributed by atoms with Crippen molar-refractivity contribution in [3.05, 3.63) is 59.5 Å². The first-order chi connectivity index (χ1) is 15.9. The van der Waals surface area contributed by atoms with Gasteiger partial charge in [-0.3, -0.25) is 10.00 Å². The number of nitrogens with zero attached hydrogens (tertiary/aromatic N) is 5. The van der Waals surface area contributed by atoms with Crippen LogP contribution < -0.4 is 0 Å². The Bertz CT molecular complexity index is 1260. The zero-order valence-electron chi connectivity index (χ0n) is 19.3. The van der Waals surface area contributed by atoms with E-state index in [1.807, 2.05) is 17.6 Å². The molecule has 0 spiro atoms. The molecule has 172 valence electrons. The number of likely N-dealkylation sites (tertiary alicyclic amines) is 1. The summed E-state index contributed by atoms with van der Waals surface area (Å²) in [6.07, 6.45) is 3.57. The standard InChI is InChI=1S/C25H30N6O2/c1-16(2)21-22(28-29-23(21)20-8-17(3)24-26-15-27-31(24)10-20)19-6-4-18(5-7-19)9-30-11-25(12-30,13-32)14-33/h4-8,10,15-16,32-33H,9,11-14H2,1-3H3,(H,28,29). The smallest absolute Gasteiger partial charge is 0.158 e. The summed E-state index contributed by atoms with van der Waals surface area (Å²) in [5.41, 5.74) is 8.06. The van der Waals surface area contributed by atoms with E-state index in [9.17, 15) is 10.2 Å². The highest BCUT2D eigenvalue weighted by molar-refractivity contribution is 5.75. The molecule has 8 heteroatoms. The van der Waals surface area contributed by atoms with Gasteiger partial charge in [-0.15, -0.1) is 0 Å². The van der Waals surface area contributed by atoms with E-state index in [1.54, 1.807) is 6.33 Å². The second-order valence-electron chi connectivity index (χ2n) is 9.61. The summed E-state index contributed by atoms with van der Waals surface area (Å²) in [5.74, 6) is 0.284. The van der Waals surface area contributed by atoms with Crippen LogP contribution in [0.1, 0.15) is 36.5 Å². The van der Waals surface area contributed by atoms with Gasteiger partial charge in [0.05, 0.1) is 24.6 Å². The fourth-order valence-electron chi connectivity index (χ4n) is 4.87. The largest absolute Gasteiger partial charge is 0.396 e. The molecule has 0 atom stereocenters. The third-order valence-electron chi connectivity index (χ3n) is 6.65. The van der Waals surface area contributed by atoms with Gasteiger partial charge in [-0.25, -0.2) is 9.50 Å². The maximum absolute atomic E-state index is 9.49. The monoisotopic (exact) mass is 446 g/mol. The Morgan fingerprint density at radius 3 is 2.48 bits per heavy atom. The van der Waals surface area contributed by atoms with Crippen molar-refractivity contribution in [2.24, 2.45) is 5.41 Å². The summed E-state index contributed by atoms with van der Waals surface area (Å²) in [6.45, 7) is 8.72. The number of rotatable bonds is 7. The van der Waals surface area contributed by atoms with Crippen LogP contribution >= 0.6 is 0 Å². The van der Waals surface area contributed by atoms with Crippen LogP contribution in [0.25, 0.3) is 28.2 Å². The number of benzene rings is 1. The number of aliphatic hydroxyl groups is 2. The van der Waals surface area contributed by atoms with Crippen LogP contribution in [-0.2, 0) is 6.54 Å². The number of H-pyrrole nitrogens is 1. The average molecular weight is 447 g/mol. The molecule has 1 saturated heterocycles. The lowest BCUT2D eigenvalue weighted by molar-refractivity contribution is -0.0786. The molecule has 0 saturated carbocycles. The summed E-state index contributed by atoms with van der Waals surface area (Å²) in [6, 6.07) is 10.6. The van der Waals surface area contributed by atoms with Gasteiger partial charge in [-0.1, -0.05) is 38.1 Å². The van der Waals surface area contributed by atoms with Gasteiger partial charge in [0.25, 0.3) is 0 Å². The van der Waals surface area contributed by atoms with Crippen LogP contribution in [0.5, 0.6) is 0 Å². The number of aryl methyl sites for hydroxylation is 1. The molecule has 4 aromatic rings. The van der Waals surface area contributed by atoms with Crippen molar-refractivity contribution >= 4 is 5.65 Å². The fourth-order valence-corrected chi connectivity index (χ4v) is 4.87. The van der Waals surface area contributed by atoms with E-state index in [4.69, 9.17) is 5.10 Å². The number of aromatic nitrogens is 5. The quantitative estimate of drug-likeness (QED) is 0.403. The van der Waals surface area contributed by atoms with E-state index in [1.165, 1.54) is 11.1 Å². The molecule has 0 unspecified atom stereocenters. The Kier molecular flexibility index (Phi) is 5.52. The van der Waals surface area contributed by atoms with Crippen LogP contribution in [0.15, 0.2) is 42.9 Å². The predicted molar refractivity (Wildman–Crippen MR) is 127 cm³/mol. The van der Waals surface area contributed by atoms with Gasteiger partial charge in [0.15, 0.2) is 5.65 Å². The number of aliphatic hydroxyl groups excluding tert-OH is 2. The number of hydrogen-bond acceptors (Lipinski definition) is 6. The Labute approximate surface area is 192 Å². The van der Waals surface area contributed by atoms with Gasteiger partial charge in [0, 0.05) is 47.9 Å². The minimum atomic E-state index is -0.342. The summed E-state index contributed by atoms with van der Waals surface area (Å²) < 4.78 is 1.81. The second kappa shape index (κ2) is 8.37. The molecule has 1 aliphatic heterocycles. The fraction of sp³-hybridized carbons (Fsp3) is 0.400. The highest BCUT2D eigenvalue weighted by Gasteiger charge is 2.41. The predicted octanol–water partition coefficient (Wildman–Crippen LogP) is 3.00. The first-order valence-electron chi connectivity index (χ1n) is 11.3. The molecule has 5 rings (SSSR count). The molecule has 0 aliphatic carbocycles. The third kappa shape index (κ3) is 3.84. The van der Waals surface area contributed by atoms with Crippen molar-refractivity contribution < 1.29 is 10.2 Å². The van der Waals surface area contributed by atoms with E-state index < -0.39 is 0 Å². The molecule has 0 amide bonds. The molecule has 33 heavy (non-hydrogen) atoms. The zero-order valence-corrected chi connectivity index (χ0v) is 19.3. The van der Waals surface area contributed by atoms with Crippen molar-refractivity contribution in [3.8, 4) is 22.5 Å². The van der Waals surface area contributed by atoms with Crippen molar-refractivity contribution in [2.45, 2.75) is 33.2 Å². The first kappa shape index (κ1) is 21.8. The third-order valence-corrected chi connectivity index (χ3v) is 6.65. The topological polar surface area (TPSA) is 103 Å². The number of hydrogen-bond donors (Lipinski definition) is 3. The normalized spacial score (nSPS) is 15.9. The van der Waals surface area contributed by atoms with E-state index in [-0.39, 0.29) is 24.5 Å². The SMILES string of the molecule is Cc1cc(-c2[nH]nc(-c3ccc(CN4CC(CO)(CO)C4)cc3)c2C(C)C)cn2ncnc12. The highest BCUT2D eigenvalue weighted by atomic mass is 16.3. The van der Waals surface area contributed by atoms with Gasteiger partial charge in [0.1, 0.15) is 6.33 Å². The van der Waals surface area contributed by atoms with Crippen molar-refractivity contribution in [1.82, 2.24) is 29.7 Å². The van der Waals surface area contributed by atoms with Crippen LogP contribution in [0.2, 0.25) is 0 Å². The highest BCUT2D eigenvalue weighted by Crippen LogP contribution is 2.36. The average Bonchev–Trinajstić information content (AvgIpc) is 3.44. The molecule has 4 heterocycles. The summed E-state index contributed by atoms with van der Waals surface area (Å²) in [7, 11) is 0. The Morgan fingerprint density at radius 1 is 1.09 bits per heavy atom. The summed E-state index contributed by atoms with van der Waals surface area (Å²) in [4.78, 5) is 6.56. The van der Waals surface area contributed by atoms with Crippen LogP contribution in [0.3, 0.4) is 0 Å². The number of pyridine rings is 1. The van der Waals surface area contributed by atoms with E-state index in [0.29, 0.717) is 0 Å². The maximum Gasteiger partial charge on any atom is 0.158 e. The number of fused-ring (bicyclic) bond motifs is 1. The molecule has 3 N–H and O–H groups in total. The lowest BCUT2D eigenvalue weighted by atomic mass is 9.81. The van der Waals surface area contributed by atoms with Crippen LogP contribution in [0, 0.1) is 12.3 Å². The zero-order chi connectivity index (χ0) is 23.2. The molecule has 0 radical (unpaired) electrons. The number of nitrogens with one attached hydrogen (secondary N) is 1. The Balaban J connectivity index is 1.41. The minimum absolute atomic E-state index is 0.0295. The van der Waals surface area contributed by atoms with Crippen LogP contribution in [0.4, 0.5) is 0 Å². The number of aromatic amines is 1. The first-order valence-corrected chi connectivity index (χ1v) is 11.3. The lowest BCUT2D eigenvalue weighted by Crippen LogP contribution is -2.59. The van der Waals surface area contributed by atoms with Gasteiger partial charge in [0.2, 0.25) is 0 Å². The van der Waals surface area contributed by atoms with Crippen molar-refractivity contribution in [1.29, 1.82) is 0 Å². The molecule has 0 bridgehead atoms. The van der Waals surface area contributed by atoms with Crippen molar-refractivity contribution in [2.75, 3.05) is 26.3 Å². The van der Waals surface area contributed by atoms with E-state index in [2.05, 4.69) is 64.3 Å². The second-order valence-corrected chi connectivity index (χ2v) is 9.61. The molecule has 1 aliphatic rings. The van der Waals surface area contributed by atoms with Gasteiger partial charge in [-0.05, 0) is 30.0 Å². The van der Waals surface area contributed by atoms with Gasteiger partial charge < -0.3 is 10.2 Å². The Morgan fingerprint density at radius 2 is 1.82 bits per heavy atom. The molecular weight excluding hydrogens is 416 g/mol. The molecule has 1 aromatic carbocycles. The minimum Gasteiger partial charge on any atom is -0.396 e. The van der Waals surface area contributed by atoms with Gasteiger partial charge in [-0.2, -0.15) is 10.2 Å². The van der Waals surface area contributed by atoms with Crippen molar-refractivity contribution in [3.63, 3.8) is 0 Å². The molecular formula is C25H30N6O2. The van der Waals surface area contributed by atoms with E-state index >= 15 is 0 Å². The molecule has 8 nitrogen and oxygen atoms in total. The van der Waals surface area contributed by atoms with E-state index in [0.717, 1.165) is 53.4 Å². The lowest BCUT2D eigenvalue weighted by Gasteiger charge is -2.48. The van der Waals surface area contributed by atoms with Gasteiger partial charge >= 0.3 is 0 Å². The Hall–Kier alpha value is -3.07. The molecule has 1 fully saturated rings.